The van der Waals surface area contributed by atoms with Gasteiger partial charge in [0.1, 0.15) is 0 Å². The molecule has 0 N–H and O–H groups in total. The van der Waals surface area contributed by atoms with Crippen LogP contribution in [-0.2, 0) is 20.7 Å². The monoisotopic (exact) mass is 279 g/mol. The number of nitro benzene ring substituents is 1. The van der Waals surface area contributed by atoms with Crippen molar-refractivity contribution in [2.45, 2.75) is 39.0 Å². The summed E-state index contributed by atoms with van der Waals surface area (Å²) in [6.07, 6.45) is 2.78. The third-order valence-corrected chi connectivity index (χ3v) is 2.71. The first-order valence-corrected chi connectivity index (χ1v) is 6.49. The van der Waals surface area contributed by atoms with Crippen LogP contribution in [0.3, 0.4) is 0 Å². The van der Waals surface area contributed by atoms with Gasteiger partial charge in [-0.05, 0) is 12.0 Å². The van der Waals surface area contributed by atoms with E-state index in [-0.39, 0.29) is 18.5 Å². The SMILES string of the molecule is CCCCCC(=O)OC(=O)Cc1ccc([N+](=O)[O-])cc1. The van der Waals surface area contributed by atoms with Crippen molar-refractivity contribution in [3.8, 4) is 0 Å². The van der Waals surface area contributed by atoms with Crippen LogP contribution in [0.1, 0.15) is 38.2 Å². The van der Waals surface area contributed by atoms with Gasteiger partial charge in [0.2, 0.25) is 0 Å². The molecule has 108 valence electrons. The van der Waals surface area contributed by atoms with E-state index >= 15 is 0 Å². The Labute approximate surface area is 116 Å². The molecule has 1 aromatic rings. The van der Waals surface area contributed by atoms with E-state index in [1.807, 2.05) is 6.92 Å². The second-order valence-corrected chi connectivity index (χ2v) is 4.40. The number of benzene rings is 1. The first-order chi connectivity index (χ1) is 9.52. The second-order valence-electron chi connectivity index (χ2n) is 4.40. The Morgan fingerprint density at radius 2 is 1.80 bits per heavy atom. The van der Waals surface area contributed by atoms with E-state index < -0.39 is 16.9 Å². The molecule has 0 aromatic heterocycles. The third kappa shape index (κ3) is 5.60. The Kier molecular flexibility index (Phi) is 6.36. The van der Waals surface area contributed by atoms with Crippen LogP contribution in [0.25, 0.3) is 0 Å². The van der Waals surface area contributed by atoms with E-state index in [0.717, 1.165) is 12.8 Å². The minimum absolute atomic E-state index is 0.0437. The highest BCUT2D eigenvalue weighted by Gasteiger charge is 2.12. The maximum Gasteiger partial charge on any atom is 0.317 e. The number of esters is 2. The molecule has 6 heteroatoms. The first-order valence-electron chi connectivity index (χ1n) is 6.49. The molecule has 0 heterocycles. The number of nitro groups is 1. The van der Waals surface area contributed by atoms with Crippen molar-refractivity contribution in [2.24, 2.45) is 0 Å². The first kappa shape index (κ1) is 15.8. The van der Waals surface area contributed by atoms with E-state index in [4.69, 9.17) is 0 Å². The number of ether oxygens (including phenoxy) is 1. The second kappa shape index (κ2) is 8.04. The van der Waals surface area contributed by atoms with Crippen molar-refractivity contribution in [1.29, 1.82) is 0 Å². The smallest absolute Gasteiger partial charge is 0.317 e. The minimum atomic E-state index is -0.639. The zero-order valence-corrected chi connectivity index (χ0v) is 11.3. The third-order valence-electron chi connectivity index (χ3n) is 2.71. The van der Waals surface area contributed by atoms with Crippen LogP contribution in [0.4, 0.5) is 5.69 Å². The summed E-state index contributed by atoms with van der Waals surface area (Å²) in [4.78, 5) is 32.8. The Hall–Kier alpha value is -2.24. The molecular weight excluding hydrogens is 262 g/mol. The summed E-state index contributed by atoms with van der Waals surface area (Å²) in [5, 5.41) is 10.5. The molecule has 0 bridgehead atoms. The van der Waals surface area contributed by atoms with Gasteiger partial charge in [0.25, 0.3) is 5.69 Å². The maximum absolute atomic E-state index is 11.5. The summed E-state index contributed by atoms with van der Waals surface area (Å²) >= 11 is 0. The van der Waals surface area contributed by atoms with Crippen molar-refractivity contribution in [3.05, 3.63) is 39.9 Å². The standard InChI is InChI=1S/C14H17NO5/c1-2-3-4-5-13(16)20-14(17)10-11-6-8-12(9-7-11)15(18)19/h6-9H,2-5,10H2,1H3. The molecule has 6 nitrogen and oxygen atoms in total. The minimum Gasteiger partial charge on any atom is -0.393 e. The molecule has 0 fully saturated rings. The van der Waals surface area contributed by atoms with E-state index in [1.165, 1.54) is 24.3 Å². The molecule has 0 aliphatic heterocycles. The molecule has 1 rings (SSSR count). The van der Waals surface area contributed by atoms with E-state index in [9.17, 15) is 19.7 Å². The van der Waals surface area contributed by atoms with Crippen LogP contribution >= 0.6 is 0 Å². The van der Waals surface area contributed by atoms with Gasteiger partial charge in [-0.25, -0.2) is 0 Å². The van der Waals surface area contributed by atoms with Gasteiger partial charge < -0.3 is 4.74 Å². The van der Waals surface area contributed by atoms with Gasteiger partial charge in [-0.1, -0.05) is 31.9 Å². The summed E-state index contributed by atoms with van der Waals surface area (Å²) in [5.74, 6) is -1.16. The number of non-ortho nitro benzene ring substituents is 1. The van der Waals surface area contributed by atoms with Crippen molar-refractivity contribution in [2.75, 3.05) is 0 Å². The molecule has 0 atom stereocenters. The van der Waals surface area contributed by atoms with Crippen LogP contribution in [0, 0.1) is 10.1 Å². The maximum atomic E-state index is 11.5. The fraction of sp³-hybridized carbons (Fsp3) is 0.429. The van der Waals surface area contributed by atoms with Crippen LogP contribution in [-0.4, -0.2) is 16.9 Å². The summed E-state index contributed by atoms with van der Waals surface area (Å²) in [6.45, 7) is 2.02. The van der Waals surface area contributed by atoms with Gasteiger partial charge in [-0.15, -0.1) is 0 Å². The van der Waals surface area contributed by atoms with E-state index in [1.54, 1.807) is 0 Å². The van der Waals surface area contributed by atoms with E-state index in [2.05, 4.69) is 4.74 Å². The molecule has 0 spiro atoms. The summed E-state index contributed by atoms with van der Waals surface area (Å²) in [6, 6.07) is 5.57. The van der Waals surface area contributed by atoms with Crippen LogP contribution in [0.2, 0.25) is 0 Å². The van der Waals surface area contributed by atoms with Crippen molar-refractivity contribution < 1.29 is 19.2 Å². The zero-order valence-electron chi connectivity index (χ0n) is 11.3. The van der Waals surface area contributed by atoms with Gasteiger partial charge in [0.05, 0.1) is 11.3 Å². The topological polar surface area (TPSA) is 86.5 Å². The predicted octanol–water partition coefficient (Wildman–Crippen LogP) is 2.79. The molecule has 0 aliphatic rings. The number of hydrogen-bond donors (Lipinski definition) is 0. The Morgan fingerprint density at radius 3 is 2.35 bits per heavy atom. The van der Waals surface area contributed by atoms with E-state index in [0.29, 0.717) is 12.0 Å². The number of hydrogen-bond acceptors (Lipinski definition) is 5. The number of unbranched alkanes of at least 4 members (excludes halogenated alkanes) is 2. The average Bonchev–Trinajstić information content (AvgIpc) is 2.39. The van der Waals surface area contributed by atoms with Crippen LogP contribution < -0.4 is 0 Å². The summed E-state index contributed by atoms with van der Waals surface area (Å²) in [5.41, 5.74) is 0.528. The molecular formula is C14H17NO5. The quantitative estimate of drug-likeness (QED) is 0.252. The fourth-order valence-electron chi connectivity index (χ4n) is 1.64. The molecule has 0 unspecified atom stereocenters. The lowest BCUT2D eigenvalue weighted by Crippen LogP contribution is -2.14. The lowest BCUT2D eigenvalue weighted by atomic mass is 10.1. The largest absolute Gasteiger partial charge is 0.393 e. The Morgan fingerprint density at radius 1 is 1.15 bits per heavy atom. The fourth-order valence-corrected chi connectivity index (χ4v) is 1.64. The number of rotatable bonds is 7. The number of nitrogens with zero attached hydrogens (tertiary/aromatic N) is 1. The van der Waals surface area contributed by atoms with Gasteiger partial charge in [0.15, 0.2) is 0 Å². The van der Waals surface area contributed by atoms with Gasteiger partial charge >= 0.3 is 11.9 Å². The highest BCUT2D eigenvalue weighted by atomic mass is 16.6. The summed E-state index contributed by atoms with van der Waals surface area (Å²) < 4.78 is 4.67. The molecule has 20 heavy (non-hydrogen) atoms. The lowest BCUT2D eigenvalue weighted by Gasteiger charge is -2.03. The Balaban J connectivity index is 2.42. The molecule has 1 aromatic carbocycles. The highest BCUT2D eigenvalue weighted by Crippen LogP contribution is 2.12. The Bertz CT molecular complexity index is 481. The number of carbonyl (C=O) groups excluding carboxylic acids is 2. The molecule has 0 saturated heterocycles. The van der Waals surface area contributed by atoms with Gasteiger partial charge in [0, 0.05) is 18.6 Å². The number of carbonyl (C=O) groups is 2. The van der Waals surface area contributed by atoms with Crippen molar-refractivity contribution >= 4 is 17.6 Å². The molecule has 0 saturated carbocycles. The zero-order chi connectivity index (χ0) is 15.0. The van der Waals surface area contributed by atoms with Gasteiger partial charge in [-0.2, -0.15) is 0 Å². The normalized spacial score (nSPS) is 10.1. The highest BCUT2D eigenvalue weighted by molar-refractivity contribution is 5.86. The molecule has 0 amide bonds. The average molecular weight is 279 g/mol. The van der Waals surface area contributed by atoms with Crippen LogP contribution in [0.15, 0.2) is 24.3 Å². The van der Waals surface area contributed by atoms with Gasteiger partial charge in [-0.3, -0.25) is 19.7 Å². The molecule has 0 aliphatic carbocycles. The predicted molar refractivity (Wildman–Crippen MR) is 72.0 cm³/mol. The lowest BCUT2D eigenvalue weighted by molar-refractivity contribution is -0.384. The van der Waals surface area contributed by atoms with Crippen LogP contribution in [0.5, 0.6) is 0 Å². The van der Waals surface area contributed by atoms with Crippen molar-refractivity contribution in [3.63, 3.8) is 0 Å². The van der Waals surface area contributed by atoms with Crippen molar-refractivity contribution in [1.82, 2.24) is 0 Å². The summed E-state index contributed by atoms with van der Waals surface area (Å²) in [7, 11) is 0. The molecule has 0 radical (unpaired) electrons.